The Bertz CT molecular complexity index is 1270. The monoisotopic (exact) mass is 490 g/mol. The number of fused-ring (bicyclic) bond motifs is 5. The number of ether oxygens (including phenoxy) is 1. The molecule has 0 aromatic heterocycles. The molecule has 3 amide bonds. The molecule has 2 heterocycles. The maximum atomic E-state index is 13.1. The van der Waals surface area contributed by atoms with Crippen molar-refractivity contribution in [1.82, 2.24) is 0 Å². The lowest BCUT2D eigenvalue weighted by atomic mass is 9.85. The van der Waals surface area contributed by atoms with E-state index >= 15 is 0 Å². The van der Waals surface area contributed by atoms with Crippen LogP contribution in [0.1, 0.15) is 18.4 Å². The first-order valence-electron chi connectivity index (χ1n) is 11.8. The number of hydrogen-bond acceptors (Lipinski definition) is 5. The fourth-order valence-electron chi connectivity index (χ4n) is 6.02. The summed E-state index contributed by atoms with van der Waals surface area (Å²) in [7, 11) is 0. The van der Waals surface area contributed by atoms with Crippen LogP contribution in [0.3, 0.4) is 0 Å². The van der Waals surface area contributed by atoms with Crippen molar-refractivity contribution in [2.75, 3.05) is 16.3 Å². The molecule has 0 spiro atoms. The highest BCUT2D eigenvalue weighted by Crippen LogP contribution is 2.53. The topological polar surface area (TPSA) is 84.0 Å². The average Bonchev–Trinajstić information content (AvgIpc) is 3.59. The highest BCUT2D eigenvalue weighted by Gasteiger charge is 2.59. The smallest absolute Gasteiger partial charge is 0.316 e. The van der Waals surface area contributed by atoms with E-state index < -0.39 is 11.9 Å². The van der Waals surface area contributed by atoms with Gasteiger partial charge in [-0.3, -0.25) is 19.2 Å². The summed E-state index contributed by atoms with van der Waals surface area (Å²) in [6.07, 6.45) is 5.08. The quantitative estimate of drug-likeness (QED) is 0.281. The number of carbonyl (C=O) groups excluding carboxylic acids is 4. The van der Waals surface area contributed by atoms with E-state index in [4.69, 9.17) is 16.3 Å². The third-order valence-corrected chi connectivity index (χ3v) is 7.95. The molecule has 7 nitrogen and oxygen atoms in total. The average molecular weight is 491 g/mol. The van der Waals surface area contributed by atoms with Crippen molar-refractivity contribution in [2.45, 2.75) is 19.8 Å². The van der Waals surface area contributed by atoms with Crippen LogP contribution in [0, 0.1) is 36.5 Å². The Morgan fingerprint density at radius 3 is 2.26 bits per heavy atom. The number of nitrogens with zero attached hydrogens (tertiary/aromatic N) is 2. The lowest BCUT2D eigenvalue weighted by molar-refractivity contribution is -0.139. The summed E-state index contributed by atoms with van der Waals surface area (Å²) in [5, 5.41) is 0.569. The van der Waals surface area contributed by atoms with Crippen molar-refractivity contribution in [1.29, 1.82) is 0 Å². The Labute approximate surface area is 207 Å². The fourth-order valence-corrected chi connectivity index (χ4v) is 6.14. The SMILES string of the molecule is Cc1cc(OC(=O)[C@@H]2CC(=O)N(c3ccc(Cl)cc3)C2)ccc1N1C(=O)[C@@H]2[C@H](C1=O)[C@@H]1C=C[C@H]2C1. The van der Waals surface area contributed by atoms with Crippen molar-refractivity contribution >= 4 is 46.7 Å². The molecule has 2 aromatic carbocycles. The van der Waals surface area contributed by atoms with Crippen molar-refractivity contribution in [3.8, 4) is 5.75 Å². The lowest BCUT2D eigenvalue weighted by Gasteiger charge is -2.20. The van der Waals surface area contributed by atoms with Crippen LogP contribution in [0.5, 0.6) is 5.75 Å². The van der Waals surface area contributed by atoms with Gasteiger partial charge < -0.3 is 9.64 Å². The predicted octanol–water partition coefficient (Wildman–Crippen LogP) is 3.92. The minimum atomic E-state index is -0.595. The number of allylic oxidation sites excluding steroid dienone is 2. The van der Waals surface area contributed by atoms with E-state index in [9.17, 15) is 19.2 Å². The summed E-state index contributed by atoms with van der Waals surface area (Å²) in [5.74, 6) is -1.45. The van der Waals surface area contributed by atoms with Crippen LogP contribution >= 0.6 is 11.6 Å². The highest BCUT2D eigenvalue weighted by molar-refractivity contribution is 6.30. The molecular weight excluding hydrogens is 468 g/mol. The third kappa shape index (κ3) is 3.48. The van der Waals surface area contributed by atoms with Gasteiger partial charge in [-0.15, -0.1) is 0 Å². The molecule has 0 N–H and O–H groups in total. The van der Waals surface area contributed by atoms with Gasteiger partial charge in [0, 0.05) is 23.7 Å². The number of halogens is 1. The first-order valence-corrected chi connectivity index (χ1v) is 12.1. The van der Waals surface area contributed by atoms with Gasteiger partial charge in [0.15, 0.2) is 0 Å². The summed E-state index contributed by atoms with van der Waals surface area (Å²) in [6.45, 7) is 2.02. The van der Waals surface area contributed by atoms with Gasteiger partial charge >= 0.3 is 5.97 Å². The van der Waals surface area contributed by atoms with E-state index in [1.165, 1.54) is 4.90 Å². The molecule has 35 heavy (non-hydrogen) atoms. The molecular formula is C27H23ClN2O5. The standard InChI is InChI=1S/C27H23ClN2O5/c1-14-10-20(35-27(34)17-12-22(31)29(13-17)19-6-4-18(28)5-7-19)8-9-21(14)30-25(32)23-15-2-3-16(11-15)24(23)26(30)33/h2-10,15-17,23-24H,11-13H2,1H3/t15-,16+,17-,23-,24+/m1/s1. The van der Waals surface area contributed by atoms with Crippen molar-refractivity contribution in [3.05, 3.63) is 65.2 Å². The largest absolute Gasteiger partial charge is 0.426 e. The van der Waals surface area contributed by atoms with Crippen LogP contribution in [0.15, 0.2) is 54.6 Å². The fraction of sp³-hybridized carbons (Fsp3) is 0.333. The Morgan fingerprint density at radius 2 is 1.63 bits per heavy atom. The van der Waals surface area contributed by atoms with Gasteiger partial charge in [-0.2, -0.15) is 0 Å². The van der Waals surface area contributed by atoms with E-state index in [-0.39, 0.29) is 54.4 Å². The molecule has 2 bridgehead atoms. The minimum Gasteiger partial charge on any atom is -0.426 e. The molecule has 1 saturated carbocycles. The number of esters is 1. The van der Waals surface area contributed by atoms with Gasteiger partial charge in [-0.25, -0.2) is 4.90 Å². The second kappa shape index (κ2) is 8.05. The lowest BCUT2D eigenvalue weighted by Crippen LogP contribution is -2.33. The molecule has 5 atom stereocenters. The molecule has 178 valence electrons. The number of rotatable bonds is 4. The normalized spacial score (nSPS) is 28.9. The maximum absolute atomic E-state index is 13.1. The van der Waals surface area contributed by atoms with Gasteiger partial charge in [-0.1, -0.05) is 23.8 Å². The van der Waals surface area contributed by atoms with E-state index in [2.05, 4.69) is 12.2 Å². The number of benzene rings is 2. The van der Waals surface area contributed by atoms with Gasteiger partial charge in [0.25, 0.3) is 0 Å². The summed E-state index contributed by atoms with van der Waals surface area (Å²) in [5.41, 5.74) is 1.88. The number of carbonyl (C=O) groups is 4. The number of amides is 3. The van der Waals surface area contributed by atoms with Crippen LogP contribution in [-0.2, 0) is 19.2 Å². The maximum Gasteiger partial charge on any atom is 0.316 e. The summed E-state index contributed by atoms with van der Waals surface area (Å²) < 4.78 is 5.58. The number of anilines is 2. The van der Waals surface area contributed by atoms with Crippen LogP contribution < -0.4 is 14.5 Å². The molecule has 3 fully saturated rings. The van der Waals surface area contributed by atoms with Gasteiger partial charge in [-0.05, 0) is 73.2 Å². The summed E-state index contributed by atoms with van der Waals surface area (Å²) >= 11 is 5.92. The van der Waals surface area contributed by atoms with Gasteiger partial charge in [0.1, 0.15) is 5.75 Å². The van der Waals surface area contributed by atoms with Gasteiger partial charge in [0.05, 0.1) is 23.4 Å². The van der Waals surface area contributed by atoms with Crippen LogP contribution in [-0.4, -0.2) is 30.2 Å². The molecule has 8 heteroatoms. The first kappa shape index (κ1) is 22.0. The van der Waals surface area contributed by atoms with Crippen LogP contribution in [0.2, 0.25) is 5.02 Å². The van der Waals surface area contributed by atoms with E-state index in [1.54, 1.807) is 54.3 Å². The summed E-state index contributed by atoms with van der Waals surface area (Å²) in [6, 6.07) is 11.8. The van der Waals surface area contributed by atoms with Crippen molar-refractivity contribution in [3.63, 3.8) is 0 Å². The zero-order valence-electron chi connectivity index (χ0n) is 19.0. The molecule has 2 aliphatic carbocycles. The minimum absolute atomic E-state index is 0.0639. The van der Waals surface area contributed by atoms with E-state index in [0.29, 0.717) is 27.7 Å². The zero-order chi connectivity index (χ0) is 24.4. The number of aryl methyl sites for hydroxylation is 1. The highest BCUT2D eigenvalue weighted by atomic mass is 35.5. The molecule has 2 aromatic rings. The molecule has 4 aliphatic rings. The zero-order valence-corrected chi connectivity index (χ0v) is 19.8. The number of hydrogen-bond donors (Lipinski definition) is 0. The molecule has 2 saturated heterocycles. The third-order valence-electron chi connectivity index (χ3n) is 7.69. The van der Waals surface area contributed by atoms with Crippen LogP contribution in [0.4, 0.5) is 11.4 Å². The Hall–Kier alpha value is -3.45. The molecule has 2 aliphatic heterocycles. The Kier molecular flexibility index (Phi) is 5.07. The Morgan fingerprint density at radius 1 is 0.971 bits per heavy atom. The number of imide groups is 1. The Balaban J connectivity index is 1.15. The predicted molar refractivity (Wildman–Crippen MR) is 129 cm³/mol. The van der Waals surface area contributed by atoms with Crippen LogP contribution in [0.25, 0.3) is 0 Å². The van der Waals surface area contributed by atoms with Crippen molar-refractivity contribution < 1.29 is 23.9 Å². The molecule has 0 radical (unpaired) electrons. The van der Waals surface area contributed by atoms with E-state index in [0.717, 1.165) is 6.42 Å². The summed E-state index contributed by atoms with van der Waals surface area (Å²) in [4.78, 5) is 54.4. The second-order valence-electron chi connectivity index (χ2n) is 9.76. The molecule has 0 unspecified atom stereocenters. The van der Waals surface area contributed by atoms with Gasteiger partial charge in [0.2, 0.25) is 17.7 Å². The first-order chi connectivity index (χ1) is 16.8. The second-order valence-corrected chi connectivity index (χ2v) is 10.2. The van der Waals surface area contributed by atoms with Crippen molar-refractivity contribution in [2.24, 2.45) is 29.6 Å². The molecule has 6 rings (SSSR count). The van der Waals surface area contributed by atoms with E-state index in [1.807, 2.05) is 0 Å².